The minimum atomic E-state index is -0.509. The summed E-state index contributed by atoms with van der Waals surface area (Å²) in [6.07, 6.45) is 1.38. The van der Waals surface area contributed by atoms with Crippen LogP contribution in [0.2, 0.25) is 5.02 Å². The standard InChI is InChI=1S/C10H5BrClFN2O/c11-6-4-14-9(15-10(6)16)5-1-2-8(13)7(12)3-5/h1-4H,(H,14,15,16). The predicted octanol–water partition coefficient (Wildman–Crippen LogP) is 2.99. The van der Waals surface area contributed by atoms with Crippen molar-refractivity contribution in [2.45, 2.75) is 0 Å². The third-order valence-electron chi connectivity index (χ3n) is 1.95. The van der Waals surface area contributed by atoms with E-state index in [1.54, 1.807) is 0 Å². The van der Waals surface area contributed by atoms with E-state index in [4.69, 9.17) is 11.6 Å². The van der Waals surface area contributed by atoms with Gasteiger partial charge in [0.15, 0.2) is 0 Å². The molecule has 0 saturated heterocycles. The minimum Gasteiger partial charge on any atom is -0.306 e. The Morgan fingerprint density at radius 3 is 2.81 bits per heavy atom. The molecule has 0 saturated carbocycles. The summed E-state index contributed by atoms with van der Waals surface area (Å²) in [7, 11) is 0. The molecular weight excluding hydrogens is 298 g/mol. The third-order valence-corrected chi connectivity index (χ3v) is 2.80. The summed E-state index contributed by atoms with van der Waals surface area (Å²) in [6.45, 7) is 0. The molecule has 16 heavy (non-hydrogen) atoms. The molecule has 0 spiro atoms. The monoisotopic (exact) mass is 302 g/mol. The van der Waals surface area contributed by atoms with E-state index < -0.39 is 5.82 Å². The lowest BCUT2D eigenvalue weighted by atomic mass is 10.2. The molecule has 2 aromatic rings. The van der Waals surface area contributed by atoms with E-state index in [0.29, 0.717) is 15.9 Å². The van der Waals surface area contributed by atoms with Gasteiger partial charge in [0.05, 0.1) is 5.02 Å². The van der Waals surface area contributed by atoms with Crippen LogP contribution >= 0.6 is 27.5 Å². The fourth-order valence-corrected chi connectivity index (χ4v) is 1.55. The van der Waals surface area contributed by atoms with Gasteiger partial charge in [0.25, 0.3) is 5.56 Å². The molecule has 0 aliphatic heterocycles. The number of hydrogen-bond acceptors (Lipinski definition) is 2. The first-order chi connectivity index (χ1) is 7.58. The molecule has 3 nitrogen and oxygen atoms in total. The molecule has 0 amide bonds. The van der Waals surface area contributed by atoms with Crippen LogP contribution in [0, 0.1) is 5.82 Å². The molecule has 6 heteroatoms. The molecule has 0 fully saturated rings. The molecule has 1 N–H and O–H groups in total. The van der Waals surface area contributed by atoms with Gasteiger partial charge in [-0.25, -0.2) is 9.37 Å². The van der Waals surface area contributed by atoms with E-state index in [0.717, 1.165) is 0 Å². The average molecular weight is 304 g/mol. The van der Waals surface area contributed by atoms with Crippen LogP contribution in [0.1, 0.15) is 0 Å². The van der Waals surface area contributed by atoms with Gasteiger partial charge in [0, 0.05) is 11.8 Å². The SMILES string of the molecule is O=c1[nH]c(-c2ccc(F)c(Cl)c2)ncc1Br. The van der Waals surface area contributed by atoms with Crippen LogP contribution in [0.25, 0.3) is 11.4 Å². The number of nitrogens with one attached hydrogen (secondary N) is 1. The molecular formula is C10H5BrClFN2O. The van der Waals surface area contributed by atoms with Crippen molar-refractivity contribution >= 4 is 27.5 Å². The Balaban J connectivity index is 2.55. The minimum absolute atomic E-state index is 0.0110. The van der Waals surface area contributed by atoms with Crippen LogP contribution in [0.4, 0.5) is 4.39 Å². The van der Waals surface area contributed by atoms with Crippen molar-refractivity contribution in [1.82, 2.24) is 9.97 Å². The van der Waals surface area contributed by atoms with E-state index in [1.165, 1.54) is 24.4 Å². The van der Waals surface area contributed by atoms with E-state index in [9.17, 15) is 9.18 Å². The summed E-state index contributed by atoms with van der Waals surface area (Å²) in [6, 6.07) is 4.12. The van der Waals surface area contributed by atoms with Crippen LogP contribution in [-0.4, -0.2) is 9.97 Å². The summed E-state index contributed by atoms with van der Waals surface area (Å²) < 4.78 is 13.3. The molecule has 82 valence electrons. The van der Waals surface area contributed by atoms with Crippen molar-refractivity contribution in [3.8, 4) is 11.4 Å². The Labute approximate surface area is 103 Å². The molecule has 0 unspecified atom stereocenters. The van der Waals surface area contributed by atoms with Gasteiger partial charge < -0.3 is 4.98 Å². The molecule has 1 aromatic heterocycles. The maximum atomic E-state index is 12.9. The summed E-state index contributed by atoms with van der Waals surface area (Å²) in [5, 5.41) is -0.0110. The molecule has 0 aliphatic carbocycles. The first-order valence-corrected chi connectivity index (χ1v) is 5.45. The fraction of sp³-hybridized carbons (Fsp3) is 0. The smallest absolute Gasteiger partial charge is 0.265 e. The van der Waals surface area contributed by atoms with Gasteiger partial charge in [0.1, 0.15) is 16.1 Å². The largest absolute Gasteiger partial charge is 0.306 e. The van der Waals surface area contributed by atoms with Gasteiger partial charge in [-0.2, -0.15) is 0 Å². The lowest BCUT2D eigenvalue weighted by Gasteiger charge is -2.01. The molecule has 1 aromatic carbocycles. The van der Waals surface area contributed by atoms with Crippen LogP contribution in [-0.2, 0) is 0 Å². The summed E-state index contributed by atoms with van der Waals surface area (Å²) in [5.74, 6) is -0.167. The fourth-order valence-electron chi connectivity index (χ4n) is 1.17. The van der Waals surface area contributed by atoms with Crippen molar-refractivity contribution in [3.05, 3.63) is 50.1 Å². The molecule has 2 rings (SSSR count). The molecule has 0 atom stereocenters. The normalized spacial score (nSPS) is 10.4. The maximum Gasteiger partial charge on any atom is 0.265 e. The van der Waals surface area contributed by atoms with Crippen LogP contribution < -0.4 is 5.56 Å². The third kappa shape index (κ3) is 2.15. The second-order valence-electron chi connectivity index (χ2n) is 3.04. The Hall–Kier alpha value is -1.20. The van der Waals surface area contributed by atoms with Crippen molar-refractivity contribution in [2.75, 3.05) is 0 Å². The number of hydrogen-bond donors (Lipinski definition) is 1. The molecule has 0 radical (unpaired) electrons. The number of aromatic amines is 1. The Morgan fingerprint density at radius 1 is 1.44 bits per heavy atom. The number of nitrogens with zero attached hydrogens (tertiary/aromatic N) is 1. The van der Waals surface area contributed by atoms with E-state index in [2.05, 4.69) is 25.9 Å². The second-order valence-corrected chi connectivity index (χ2v) is 4.30. The van der Waals surface area contributed by atoms with Gasteiger partial charge in [-0.1, -0.05) is 11.6 Å². The number of H-pyrrole nitrogens is 1. The summed E-state index contributed by atoms with van der Waals surface area (Å²) in [4.78, 5) is 17.9. The summed E-state index contributed by atoms with van der Waals surface area (Å²) in [5.41, 5.74) is 0.251. The van der Waals surface area contributed by atoms with Gasteiger partial charge >= 0.3 is 0 Å². The predicted molar refractivity (Wildman–Crippen MR) is 63.0 cm³/mol. The van der Waals surface area contributed by atoms with Gasteiger partial charge in [0.2, 0.25) is 0 Å². The highest BCUT2D eigenvalue weighted by atomic mass is 79.9. The number of rotatable bonds is 1. The highest BCUT2D eigenvalue weighted by Gasteiger charge is 2.06. The molecule has 0 aliphatic rings. The second kappa shape index (κ2) is 4.35. The van der Waals surface area contributed by atoms with Crippen molar-refractivity contribution in [2.24, 2.45) is 0 Å². The van der Waals surface area contributed by atoms with E-state index >= 15 is 0 Å². The molecule has 0 bridgehead atoms. The quantitative estimate of drug-likeness (QED) is 0.880. The van der Waals surface area contributed by atoms with Gasteiger partial charge in [-0.05, 0) is 34.1 Å². The zero-order chi connectivity index (χ0) is 11.7. The average Bonchev–Trinajstić information content (AvgIpc) is 2.26. The zero-order valence-electron chi connectivity index (χ0n) is 7.80. The first-order valence-electron chi connectivity index (χ1n) is 4.28. The van der Waals surface area contributed by atoms with E-state index in [1.807, 2.05) is 0 Å². The van der Waals surface area contributed by atoms with Crippen LogP contribution in [0.3, 0.4) is 0 Å². The van der Waals surface area contributed by atoms with E-state index in [-0.39, 0.29) is 10.6 Å². The topological polar surface area (TPSA) is 45.8 Å². The maximum absolute atomic E-state index is 12.9. The number of aromatic nitrogens is 2. The van der Waals surface area contributed by atoms with Gasteiger partial charge in [-0.15, -0.1) is 0 Å². The Bertz CT molecular complexity index is 600. The summed E-state index contributed by atoms with van der Waals surface area (Å²) >= 11 is 8.67. The van der Waals surface area contributed by atoms with Crippen LogP contribution in [0.5, 0.6) is 0 Å². The number of halogens is 3. The number of benzene rings is 1. The highest BCUT2D eigenvalue weighted by molar-refractivity contribution is 9.10. The Morgan fingerprint density at radius 2 is 2.19 bits per heavy atom. The first kappa shape index (κ1) is 11.3. The van der Waals surface area contributed by atoms with Crippen molar-refractivity contribution in [1.29, 1.82) is 0 Å². The molecule has 1 heterocycles. The van der Waals surface area contributed by atoms with Crippen molar-refractivity contribution in [3.63, 3.8) is 0 Å². The lowest BCUT2D eigenvalue weighted by molar-refractivity contribution is 0.628. The lowest BCUT2D eigenvalue weighted by Crippen LogP contribution is -2.08. The van der Waals surface area contributed by atoms with Crippen LogP contribution in [0.15, 0.2) is 33.7 Å². The Kier molecular flexibility index (Phi) is 3.07. The zero-order valence-corrected chi connectivity index (χ0v) is 10.1. The van der Waals surface area contributed by atoms with Crippen molar-refractivity contribution < 1.29 is 4.39 Å². The van der Waals surface area contributed by atoms with Gasteiger partial charge in [-0.3, -0.25) is 4.79 Å². The highest BCUT2D eigenvalue weighted by Crippen LogP contribution is 2.21.